The van der Waals surface area contributed by atoms with Crippen LogP contribution in [-0.4, -0.2) is 53.7 Å². The second-order valence-corrected chi connectivity index (χ2v) is 9.78. The van der Waals surface area contributed by atoms with Gasteiger partial charge in [-0.3, -0.25) is 9.59 Å². The largest absolute Gasteiger partial charge is 0.481 e. The molecule has 2 aromatic carbocycles. The predicted molar refractivity (Wildman–Crippen MR) is 126 cm³/mol. The second-order valence-electron chi connectivity index (χ2n) is 9.78. The summed E-state index contributed by atoms with van der Waals surface area (Å²) in [5.41, 5.74) is 4.66. The van der Waals surface area contributed by atoms with E-state index < -0.39 is 18.0 Å². The van der Waals surface area contributed by atoms with E-state index in [2.05, 4.69) is 29.6 Å². The number of hydrogen-bond donors (Lipinski definition) is 2. The minimum atomic E-state index is -0.859. The number of rotatable bonds is 5. The minimum absolute atomic E-state index is 0.0156. The minimum Gasteiger partial charge on any atom is -0.481 e. The molecule has 0 aromatic heterocycles. The molecule has 1 saturated carbocycles. The van der Waals surface area contributed by atoms with Gasteiger partial charge in [0.05, 0.1) is 11.8 Å². The zero-order valence-corrected chi connectivity index (χ0v) is 19.3. The fraction of sp³-hybridized carbons (Fsp3) is 0.444. The van der Waals surface area contributed by atoms with Crippen LogP contribution in [0.5, 0.6) is 0 Å². The number of nitrogens with one attached hydrogen (secondary N) is 1. The van der Waals surface area contributed by atoms with Crippen molar-refractivity contribution in [3.05, 3.63) is 59.7 Å². The van der Waals surface area contributed by atoms with Gasteiger partial charge in [-0.15, -0.1) is 0 Å². The number of benzene rings is 2. The maximum absolute atomic E-state index is 13.1. The molecule has 2 fully saturated rings. The Morgan fingerprint density at radius 1 is 0.971 bits per heavy atom. The molecule has 1 aliphatic heterocycles. The Kier molecular flexibility index (Phi) is 6.02. The molecule has 7 heteroatoms. The van der Waals surface area contributed by atoms with Crippen molar-refractivity contribution >= 4 is 18.0 Å². The Hall–Kier alpha value is -3.35. The Labute approximate surface area is 199 Å². The highest BCUT2D eigenvalue weighted by Crippen LogP contribution is 2.44. The Morgan fingerprint density at radius 2 is 1.62 bits per heavy atom. The third-order valence-electron chi connectivity index (χ3n) is 7.72. The lowest BCUT2D eigenvalue weighted by atomic mass is 9.98. The van der Waals surface area contributed by atoms with E-state index in [-0.39, 0.29) is 42.9 Å². The molecule has 7 nitrogen and oxygen atoms in total. The van der Waals surface area contributed by atoms with Crippen LogP contribution in [0.4, 0.5) is 4.79 Å². The van der Waals surface area contributed by atoms with Gasteiger partial charge in [-0.25, -0.2) is 4.79 Å². The Balaban J connectivity index is 1.21. The van der Waals surface area contributed by atoms with Crippen LogP contribution >= 0.6 is 0 Å². The van der Waals surface area contributed by atoms with Crippen molar-refractivity contribution in [2.24, 2.45) is 17.8 Å². The first kappa shape index (κ1) is 22.4. The van der Waals surface area contributed by atoms with Crippen molar-refractivity contribution in [3.63, 3.8) is 0 Å². The molecule has 4 atom stereocenters. The number of likely N-dealkylation sites (tertiary alicyclic amines) is 1. The van der Waals surface area contributed by atoms with E-state index in [9.17, 15) is 19.5 Å². The molecule has 4 unspecified atom stereocenters. The van der Waals surface area contributed by atoms with Gasteiger partial charge in [-0.05, 0) is 41.0 Å². The van der Waals surface area contributed by atoms with Crippen LogP contribution in [0.15, 0.2) is 48.5 Å². The van der Waals surface area contributed by atoms with E-state index >= 15 is 0 Å². The van der Waals surface area contributed by atoms with Crippen LogP contribution < -0.4 is 5.32 Å². The van der Waals surface area contributed by atoms with Crippen LogP contribution in [0.2, 0.25) is 0 Å². The molecule has 2 aromatic rings. The summed E-state index contributed by atoms with van der Waals surface area (Å²) in [6.07, 6.45) is 1.74. The van der Waals surface area contributed by atoms with Gasteiger partial charge < -0.3 is 20.1 Å². The summed E-state index contributed by atoms with van der Waals surface area (Å²) in [6, 6.07) is 16.1. The van der Waals surface area contributed by atoms with Crippen molar-refractivity contribution in [1.29, 1.82) is 0 Å². The number of alkyl carbamates (subject to hydrolysis) is 1. The number of carbonyl (C=O) groups excluding carboxylic acids is 2. The van der Waals surface area contributed by atoms with Crippen molar-refractivity contribution in [1.82, 2.24) is 10.2 Å². The molecular formula is C27H30N2O5. The molecule has 0 bridgehead atoms. The summed E-state index contributed by atoms with van der Waals surface area (Å²) < 4.78 is 5.67. The smallest absolute Gasteiger partial charge is 0.407 e. The normalized spacial score (nSPS) is 25.6. The number of carboxylic acid groups (broad SMARTS) is 1. The van der Waals surface area contributed by atoms with Crippen LogP contribution in [0.1, 0.15) is 43.2 Å². The molecular weight excluding hydrogens is 432 g/mol. The highest BCUT2D eigenvalue weighted by molar-refractivity contribution is 5.83. The summed E-state index contributed by atoms with van der Waals surface area (Å²) in [6.45, 7) is 2.79. The summed E-state index contributed by atoms with van der Waals surface area (Å²) in [4.78, 5) is 39.0. The lowest BCUT2D eigenvalue weighted by molar-refractivity contribution is -0.142. The van der Waals surface area contributed by atoms with Gasteiger partial charge >= 0.3 is 12.1 Å². The van der Waals surface area contributed by atoms with Gasteiger partial charge in [0, 0.05) is 25.0 Å². The highest BCUT2D eigenvalue weighted by Gasteiger charge is 2.42. The van der Waals surface area contributed by atoms with Gasteiger partial charge in [0.25, 0.3) is 0 Å². The lowest BCUT2D eigenvalue weighted by Crippen LogP contribution is -2.45. The van der Waals surface area contributed by atoms with Crippen LogP contribution in [0.25, 0.3) is 11.1 Å². The van der Waals surface area contributed by atoms with Crippen molar-refractivity contribution in [2.45, 2.75) is 38.1 Å². The van der Waals surface area contributed by atoms with Crippen molar-refractivity contribution in [2.75, 3.05) is 19.7 Å². The zero-order valence-electron chi connectivity index (χ0n) is 19.3. The van der Waals surface area contributed by atoms with E-state index in [4.69, 9.17) is 4.74 Å². The summed E-state index contributed by atoms with van der Waals surface area (Å²) >= 11 is 0. The number of amides is 2. The molecule has 2 N–H and O–H groups in total. The monoisotopic (exact) mass is 462 g/mol. The van der Waals surface area contributed by atoms with Crippen LogP contribution in [0, 0.1) is 17.8 Å². The molecule has 34 heavy (non-hydrogen) atoms. The van der Waals surface area contributed by atoms with Gasteiger partial charge in [0.15, 0.2) is 0 Å². The predicted octanol–water partition coefficient (Wildman–Crippen LogP) is 3.87. The fourth-order valence-corrected chi connectivity index (χ4v) is 5.92. The number of hydrogen-bond acceptors (Lipinski definition) is 4. The molecule has 0 radical (unpaired) electrons. The first-order valence-electron chi connectivity index (χ1n) is 12.1. The Morgan fingerprint density at radius 3 is 2.24 bits per heavy atom. The average Bonchev–Trinajstić information content (AvgIpc) is 3.53. The number of nitrogens with zero attached hydrogens (tertiary/aromatic N) is 1. The molecule has 3 aliphatic rings. The van der Waals surface area contributed by atoms with Crippen LogP contribution in [0.3, 0.4) is 0 Å². The molecule has 178 valence electrons. The highest BCUT2D eigenvalue weighted by atomic mass is 16.5. The quantitative estimate of drug-likeness (QED) is 0.703. The third kappa shape index (κ3) is 4.04. The number of ether oxygens (including phenoxy) is 1. The van der Waals surface area contributed by atoms with Crippen LogP contribution in [-0.2, 0) is 14.3 Å². The number of fused-ring (bicyclic) bond motifs is 3. The van der Waals surface area contributed by atoms with E-state index in [1.54, 1.807) is 4.90 Å². The molecule has 0 spiro atoms. The van der Waals surface area contributed by atoms with E-state index in [1.807, 2.05) is 31.2 Å². The second kappa shape index (κ2) is 9.12. The average molecular weight is 463 g/mol. The number of carbonyl (C=O) groups is 3. The fourth-order valence-electron chi connectivity index (χ4n) is 5.92. The first-order valence-corrected chi connectivity index (χ1v) is 12.1. The van der Waals surface area contributed by atoms with E-state index in [1.165, 1.54) is 11.1 Å². The lowest BCUT2D eigenvalue weighted by Gasteiger charge is -2.25. The SMILES string of the molecule is CC1CN(C(=O)C2CCCC2NC(=O)OCC2c3ccccc3-c3ccccc32)CC1C(=O)O. The zero-order chi connectivity index (χ0) is 23.8. The molecule has 1 saturated heterocycles. The third-order valence-corrected chi connectivity index (χ3v) is 7.72. The van der Waals surface area contributed by atoms with Gasteiger partial charge in [-0.1, -0.05) is 61.9 Å². The standard InChI is InChI=1S/C27H30N2O5/c1-16-13-29(14-22(16)26(31)32)25(30)21-11-6-12-24(21)28-27(33)34-15-23-19-9-4-2-7-17(19)18-8-3-5-10-20(18)23/h2-5,7-10,16,21-24H,6,11-15H2,1H3,(H,28,33)(H,31,32). The maximum atomic E-state index is 13.1. The van der Waals surface area contributed by atoms with Gasteiger partial charge in [0.2, 0.25) is 5.91 Å². The maximum Gasteiger partial charge on any atom is 0.407 e. The first-order chi connectivity index (χ1) is 16.4. The van der Waals surface area contributed by atoms with E-state index in [0.29, 0.717) is 19.4 Å². The van der Waals surface area contributed by atoms with Gasteiger partial charge in [0.1, 0.15) is 6.61 Å². The number of aliphatic carboxylic acids is 1. The molecule has 2 amide bonds. The van der Waals surface area contributed by atoms with E-state index in [0.717, 1.165) is 17.5 Å². The Bertz CT molecular complexity index is 1070. The van der Waals surface area contributed by atoms with Crippen molar-refractivity contribution < 1.29 is 24.2 Å². The topological polar surface area (TPSA) is 95.9 Å². The molecule has 1 heterocycles. The molecule has 5 rings (SSSR count). The number of carboxylic acids is 1. The molecule has 2 aliphatic carbocycles. The summed E-state index contributed by atoms with van der Waals surface area (Å²) in [7, 11) is 0. The van der Waals surface area contributed by atoms with Crippen molar-refractivity contribution in [3.8, 4) is 11.1 Å². The summed E-state index contributed by atoms with van der Waals surface area (Å²) in [5, 5.41) is 12.3. The summed E-state index contributed by atoms with van der Waals surface area (Å²) in [5.74, 6) is -1.87. The van der Waals surface area contributed by atoms with Gasteiger partial charge in [-0.2, -0.15) is 0 Å².